The van der Waals surface area contributed by atoms with Crippen molar-refractivity contribution in [2.24, 2.45) is 0 Å². The SMILES string of the molecule is Cc1cc(NS(=O)(=O)CCl)cc(C)c1Br. The predicted octanol–water partition coefficient (Wildman–Crippen LogP) is 3.00. The Hall–Kier alpha value is -0.260. The van der Waals surface area contributed by atoms with Gasteiger partial charge >= 0.3 is 0 Å². The third-order valence-corrected chi connectivity index (χ3v) is 4.80. The summed E-state index contributed by atoms with van der Waals surface area (Å²) in [7, 11) is -3.42. The van der Waals surface area contributed by atoms with Crippen LogP contribution in [0.3, 0.4) is 0 Å². The van der Waals surface area contributed by atoms with Crippen molar-refractivity contribution in [3.8, 4) is 0 Å². The molecule has 0 unspecified atom stereocenters. The summed E-state index contributed by atoms with van der Waals surface area (Å²) in [5, 5.41) is -0.443. The Morgan fingerprint density at radius 2 is 1.80 bits per heavy atom. The lowest BCUT2D eigenvalue weighted by Crippen LogP contribution is -2.13. The molecule has 1 aromatic carbocycles. The van der Waals surface area contributed by atoms with Crippen molar-refractivity contribution in [1.29, 1.82) is 0 Å². The minimum absolute atomic E-state index is 0.443. The summed E-state index contributed by atoms with van der Waals surface area (Å²) in [6.07, 6.45) is 0. The molecule has 0 radical (unpaired) electrons. The van der Waals surface area contributed by atoms with E-state index in [1.807, 2.05) is 13.8 Å². The summed E-state index contributed by atoms with van der Waals surface area (Å²) >= 11 is 8.70. The average molecular weight is 313 g/mol. The standard InChI is InChI=1S/C9H11BrClNO2S/c1-6-3-8(4-7(2)9(6)10)12-15(13,14)5-11/h3-4,12H,5H2,1-2H3. The molecule has 1 rings (SSSR count). The molecule has 3 nitrogen and oxygen atoms in total. The van der Waals surface area contributed by atoms with Crippen LogP contribution in [0.25, 0.3) is 0 Å². The molecule has 0 aliphatic rings. The van der Waals surface area contributed by atoms with Crippen molar-refractivity contribution in [3.05, 3.63) is 27.7 Å². The number of sulfonamides is 1. The van der Waals surface area contributed by atoms with Gasteiger partial charge in [0.15, 0.2) is 0 Å². The molecule has 6 heteroatoms. The summed E-state index contributed by atoms with van der Waals surface area (Å²) in [5.41, 5.74) is 2.48. The van der Waals surface area contributed by atoms with E-state index in [0.29, 0.717) is 5.69 Å². The van der Waals surface area contributed by atoms with Gasteiger partial charge in [0.25, 0.3) is 0 Å². The third-order valence-electron chi connectivity index (χ3n) is 1.85. The van der Waals surface area contributed by atoms with Gasteiger partial charge in [-0.05, 0) is 37.1 Å². The quantitative estimate of drug-likeness (QED) is 0.872. The molecule has 0 aromatic heterocycles. The molecule has 0 spiro atoms. The van der Waals surface area contributed by atoms with Gasteiger partial charge in [-0.3, -0.25) is 4.72 Å². The van der Waals surface area contributed by atoms with Crippen molar-refractivity contribution in [2.45, 2.75) is 13.8 Å². The van der Waals surface area contributed by atoms with Gasteiger partial charge in [-0.1, -0.05) is 15.9 Å². The summed E-state index contributed by atoms with van der Waals surface area (Å²) in [6, 6.07) is 3.50. The van der Waals surface area contributed by atoms with Crippen LogP contribution in [0.5, 0.6) is 0 Å². The molecule has 0 saturated carbocycles. The van der Waals surface area contributed by atoms with Crippen LogP contribution < -0.4 is 4.72 Å². The average Bonchev–Trinajstić information content (AvgIpc) is 2.13. The van der Waals surface area contributed by atoms with Gasteiger partial charge < -0.3 is 0 Å². The zero-order valence-electron chi connectivity index (χ0n) is 8.34. The number of hydrogen-bond acceptors (Lipinski definition) is 2. The van der Waals surface area contributed by atoms with Crippen LogP contribution in [-0.2, 0) is 10.0 Å². The first-order valence-electron chi connectivity index (χ1n) is 4.19. The summed E-state index contributed by atoms with van der Waals surface area (Å²) in [6.45, 7) is 3.80. The normalized spacial score (nSPS) is 11.5. The maximum atomic E-state index is 11.2. The van der Waals surface area contributed by atoms with Gasteiger partial charge in [-0.25, -0.2) is 8.42 Å². The summed E-state index contributed by atoms with van der Waals surface area (Å²) in [4.78, 5) is 0. The second-order valence-electron chi connectivity index (χ2n) is 3.25. The lowest BCUT2D eigenvalue weighted by atomic mass is 10.1. The van der Waals surface area contributed by atoms with Gasteiger partial charge in [-0.15, -0.1) is 11.6 Å². The van der Waals surface area contributed by atoms with E-state index in [9.17, 15) is 8.42 Å². The van der Waals surface area contributed by atoms with Crippen LogP contribution in [0.2, 0.25) is 0 Å². The molecule has 0 aliphatic heterocycles. The lowest BCUT2D eigenvalue weighted by molar-refractivity contribution is 0.605. The second kappa shape index (κ2) is 4.72. The fraction of sp³-hybridized carbons (Fsp3) is 0.333. The van der Waals surface area contributed by atoms with Crippen LogP contribution >= 0.6 is 27.5 Å². The smallest absolute Gasteiger partial charge is 0.246 e. The third kappa shape index (κ3) is 3.36. The van der Waals surface area contributed by atoms with Crippen molar-refractivity contribution in [1.82, 2.24) is 0 Å². The Balaban J connectivity index is 3.08. The Kier molecular flexibility index (Phi) is 4.03. The highest BCUT2D eigenvalue weighted by atomic mass is 79.9. The van der Waals surface area contributed by atoms with Crippen LogP contribution in [0.15, 0.2) is 16.6 Å². The first-order chi connectivity index (χ1) is 6.85. The minimum atomic E-state index is -3.42. The van der Waals surface area contributed by atoms with Crippen LogP contribution in [0.1, 0.15) is 11.1 Å². The van der Waals surface area contributed by atoms with Gasteiger partial charge in [0.1, 0.15) is 5.21 Å². The van der Waals surface area contributed by atoms with E-state index in [-0.39, 0.29) is 0 Å². The Bertz CT molecular complexity index is 450. The molecule has 0 bridgehead atoms. The maximum Gasteiger partial charge on any atom is 0.246 e. The fourth-order valence-electron chi connectivity index (χ4n) is 1.21. The molecular formula is C9H11BrClNO2S. The highest BCUT2D eigenvalue weighted by Gasteiger charge is 2.09. The molecule has 0 heterocycles. The molecular weight excluding hydrogens is 302 g/mol. The highest BCUT2D eigenvalue weighted by molar-refractivity contribution is 9.10. The lowest BCUT2D eigenvalue weighted by Gasteiger charge is -2.09. The van der Waals surface area contributed by atoms with E-state index in [2.05, 4.69) is 20.7 Å². The number of nitrogens with one attached hydrogen (secondary N) is 1. The van der Waals surface area contributed by atoms with E-state index in [0.717, 1.165) is 15.6 Å². The number of hydrogen-bond donors (Lipinski definition) is 1. The molecule has 0 saturated heterocycles. The zero-order chi connectivity index (χ0) is 11.6. The molecule has 0 fully saturated rings. The molecule has 15 heavy (non-hydrogen) atoms. The Labute approximate surface area is 103 Å². The molecule has 0 aliphatic carbocycles. The monoisotopic (exact) mass is 311 g/mol. The van der Waals surface area contributed by atoms with Gasteiger partial charge in [-0.2, -0.15) is 0 Å². The van der Waals surface area contributed by atoms with Gasteiger partial charge in [0.2, 0.25) is 10.0 Å². The topological polar surface area (TPSA) is 46.2 Å². The zero-order valence-corrected chi connectivity index (χ0v) is 11.5. The first kappa shape index (κ1) is 12.8. The van der Waals surface area contributed by atoms with E-state index in [1.54, 1.807) is 12.1 Å². The first-order valence-corrected chi connectivity index (χ1v) is 7.17. The number of aryl methyl sites for hydroxylation is 2. The number of benzene rings is 1. The number of alkyl halides is 1. The number of halogens is 2. The summed E-state index contributed by atoms with van der Waals surface area (Å²) in [5.74, 6) is 0. The number of rotatable bonds is 3. The van der Waals surface area contributed by atoms with Crippen molar-refractivity contribution in [3.63, 3.8) is 0 Å². The number of anilines is 1. The molecule has 0 atom stereocenters. The van der Waals surface area contributed by atoms with Crippen LogP contribution in [0.4, 0.5) is 5.69 Å². The predicted molar refractivity (Wildman–Crippen MR) is 66.9 cm³/mol. The molecule has 1 aromatic rings. The van der Waals surface area contributed by atoms with E-state index in [1.165, 1.54) is 0 Å². The Morgan fingerprint density at radius 3 is 2.20 bits per heavy atom. The largest absolute Gasteiger partial charge is 0.283 e. The molecule has 0 amide bonds. The van der Waals surface area contributed by atoms with Crippen molar-refractivity contribution in [2.75, 3.05) is 9.93 Å². The van der Waals surface area contributed by atoms with Crippen LogP contribution in [0, 0.1) is 13.8 Å². The maximum absolute atomic E-state index is 11.2. The minimum Gasteiger partial charge on any atom is -0.283 e. The van der Waals surface area contributed by atoms with Crippen molar-refractivity contribution >= 4 is 43.2 Å². The van der Waals surface area contributed by atoms with Crippen molar-refractivity contribution < 1.29 is 8.42 Å². The van der Waals surface area contributed by atoms with E-state index < -0.39 is 15.2 Å². The fourth-order valence-corrected chi connectivity index (χ4v) is 2.14. The van der Waals surface area contributed by atoms with Gasteiger partial charge in [0.05, 0.1) is 0 Å². The van der Waals surface area contributed by atoms with Crippen LogP contribution in [-0.4, -0.2) is 13.6 Å². The highest BCUT2D eigenvalue weighted by Crippen LogP contribution is 2.25. The van der Waals surface area contributed by atoms with Gasteiger partial charge in [0, 0.05) is 10.2 Å². The van der Waals surface area contributed by atoms with E-state index in [4.69, 9.17) is 11.6 Å². The molecule has 84 valence electrons. The summed E-state index contributed by atoms with van der Waals surface area (Å²) < 4.78 is 25.8. The molecule has 1 N–H and O–H groups in total. The van der Waals surface area contributed by atoms with E-state index >= 15 is 0 Å². The Morgan fingerprint density at radius 1 is 1.33 bits per heavy atom. The second-order valence-corrected chi connectivity index (χ2v) is 6.35.